The predicted molar refractivity (Wildman–Crippen MR) is 213 cm³/mol. The number of hydrogen-bond donors (Lipinski definition) is 3. The first-order valence-electron chi connectivity index (χ1n) is 17.1. The number of likely N-dealkylation sites (N-methyl/N-ethyl adjacent to an activating group) is 1. The minimum atomic E-state index is -0.187. The Hall–Kier alpha value is -4.33. The van der Waals surface area contributed by atoms with Crippen LogP contribution in [0.2, 0.25) is 0 Å². The van der Waals surface area contributed by atoms with Crippen molar-refractivity contribution in [3.05, 3.63) is 156 Å². The van der Waals surface area contributed by atoms with Crippen LogP contribution in [0.1, 0.15) is 108 Å². The second-order valence-electron chi connectivity index (χ2n) is 10.8. The lowest BCUT2D eigenvalue weighted by Crippen LogP contribution is -2.19. The number of halogens is 1. The van der Waals surface area contributed by atoms with Gasteiger partial charge in [-0.25, -0.2) is 4.39 Å². The van der Waals surface area contributed by atoms with Crippen molar-refractivity contribution < 1.29 is 4.39 Å². The zero-order valence-electron chi connectivity index (χ0n) is 31.8. The van der Waals surface area contributed by atoms with Gasteiger partial charge < -0.3 is 16.0 Å². The highest BCUT2D eigenvalue weighted by molar-refractivity contribution is 5.45. The largest absolute Gasteiger partial charge is 0.381 e. The van der Waals surface area contributed by atoms with Gasteiger partial charge in [-0.15, -0.1) is 25.7 Å². The van der Waals surface area contributed by atoms with Gasteiger partial charge in [0.15, 0.2) is 0 Å². The van der Waals surface area contributed by atoms with Crippen LogP contribution in [0.25, 0.3) is 0 Å². The van der Waals surface area contributed by atoms with Gasteiger partial charge in [-0.1, -0.05) is 102 Å². The fourth-order valence-electron chi connectivity index (χ4n) is 4.76. The number of nitrogens with one attached hydrogen (secondary N) is 3. The van der Waals surface area contributed by atoms with Gasteiger partial charge in [-0.3, -0.25) is 0 Å². The molecule has 0 aliphatic heterocycles. The maximum atomic E-state index is 13.5. The van der Waals surface area contributed by atoms with Gasteiger partial charge >= 0.3 is 0 Å². The van der Waals surface area contributed by atoms with E-state index in [0.717, 1.165) is 47.4 Å². The Kier molecular flexibility index (Phi) is 25.5. The number of fused-ring (bicyclic) bond motifs is 1. The van der Waals surface area contributed by atoms with Gasteiger partial charge in [0.2, 0.25) is 0 Å². The van der Waals surface area contributed by atoms with Crippen LogP contribution in [0, 0.1) is 24.6 Å². The minimum Gasteiger partial charge on any atom is -0.381 e. The Balaban J connectivity index is 0. The number of hydrogen-bond acceptors (Lipinski definition) is 3. The molecule has 2 atom stereocenters. The summed E-state index contributed by atoms with van der Waals surface area (Å²) in [6, 6.07) is 12.2. The van der Waals surface area contributed by atoms with Gasteiger partial charge in [0.05, 0.1) is 12.1 Å². The van der Waals surface area contributed by atoms with Crippen molar-refractivity contribution in [1.82, 2.24) is 16.0 Å². The monoisotopic (exact) mass is 654 g/mol. The Labute approximate surface area is 294 Å². The van der Waals surface area contributed by atoms with Crippen LogP contribution in [-0.2, 0) is 13.0 Å². The first-order chi connectivity index (χ1) is 23.0. The molecule has 0 aromatic heterocycles. The molecule has 0 spiro atoms. The van der Waals surface area contributed by atoms with E-state index in [2.05, 4.69) is 92.4 Å². The molecule has 0 bridgehead atoms. The molecule has 3 N–H and O–H groups in total. The molecule has 0 saturated carbocycles. The zero-order valence-corrected chi connectivity index (χ0v) is 31.8. The summed E-state index contributed by atoms with van der Waals surface area (Å²) in [7, 11) is 1.95. The Morgan fingerprint density at radius 3 is 2.17 bits per heavy atom. The van der Waals surface area contributed by atoms with Crippen LogP contribution in [0.4, 0.5) is 4.39 Å². The maximum absolute atomic E-state index is 13.5. The van der Waals surface area contributed by atoms with Gasteiger partial charge in [0, 0.05) is 17.9 Å². The van der Waals surface area contributed by atoms with Gasteiger partial charge in [-0.2, -0.15) is 0 Å². The number of benzene rings is 2. The lowest BCUT2D eigenvalue weighted by molar-refractivity contribution is 0.599. The Morgan fingerprint density at radius 2 is 1.67 bits per heavy atom. The molecular weight excluding hydrogens is 590 g/mol. The van der Waals surface area contributed by atoms with E-state index < -0.39 is 0 Å². The average Bonchev–Trinajstić information content (AvgIpc) is 3.51. The third-order valence-electron chi connectivity index (χ3n) is 7.24. The van der Waals surface area contributed by atoms with Crippen LogP contribution in [0.5, 0.6) is 0 Å². The summed E-state index contributed by atoms with van der Waals surface area (Å²) in [6.45, 7) is 41.0. The number of aryl methyl sites for hydroxylation is 2. The molecule has 0 heterocycles. The van der Waals surface area contributed by atoms with E-state index in [1.165, 1.54) is 28.3 Å². The molecule has 4 heteroatoms. The molecule has 3 nitrogen and oxygen atoms in total. The first-order valence-corrected chi connectivity index (χ1v) is 17.1. The summed E-state index contributed by atoms with van der Waals surface area (Å²) in [5, 5.41) is 10.2. The second-order valence-corrected chi connectivity index (χ2v) is 10.8. The van der Waals surface area contributed by atoms with Crippen molar-refractivity contribution in [1.29, 1.82) is 0 Å². The van der Waals surface area contributed by atoms with Crippen LogP contribution >= 0.6 is 0 Å². The maximum Gasteiger partial charge on any atom is 0.126 e. The fourth-order valence-corrected chi connectivity index (χ4v) is 4.76. The Morgan fingerprint density at radius 1 is 1.02 bits per heavy atom. The molecule has 0 radical (unpaired) electrons. The lowest BCUT2D eigenvalue weighted by atomic mass is 9.99. The molecule has 2 aromatic rings. The van der Waals surface area contributed by atoms with Crippen LogP contribution in [0.3, 0.4) is 0 Å². The summed E-state index contributed by atoms with van der Waals surface area (Å²) in [5.74, 6) is 5.42. The lowest BCUT2D eigenvalue weighted by Gasteiger charge is -2.20. The van der Waals surface area contributed by atoms with Crippen molar-refractivity contribution in [2.75, 3.05) is 7.05 Å². The summed E-state index contributed by atoms with van der Waals surface area (Å²) >= 11 is 0. The van der Waals surface area contributed by atoms with Crippen LogP contribution in [0.15, 0.2) is 122 Å². The van der Waals surface area contributed by atoms with Crippen molar-refractivity contribution in [2.45, 2.75) is 100 Å². The molecule has 262 valence electrons. The van der Waals surface area contributed by atoms with Gasteiger partial charge in [0.1, 0.15) is 5.82 Å². The highest BCUT2D eigenvalue weighted by Gasteiger charge is 2.24. The van der Waals surface area contributed by atoms with Crippen molar-refractivity contribution in [3.63, 3.8) is 0 Å². The van der Waals surface area contributed by atoms with Crippen molar-refractivity contribution in [3.8, 4) is 11.8 Å². The van der Waals surface area contributed by atoms with E-state index in [0.29, 0.717) is 12.1 Å². The first kappa shape index (κ1) is 45.8. The van der Waals surface area contributed by atoms with Gasteiger partial charge in [-0.05, 0) is 111 Å². The zero-order chi connectivity index (χ0) is 37.2. The molecule has 0 saturated heterocycles. The SMILES string of the molecule is C=C.C=CC(NC)c1ccc2c(c1)CC[C@@H]2NC(=C)C(=C)/C=C(\CC)C(=C)NCc1ccc(F)c(C)c1.CC.CC.CC#CC=C(C)C. The molecule has 3 rings (SSSR count). The molecule has 1 aliphatic carbocycles. The summed E-state index contributed by atoms with van der Waals surface area (Å²) in [4.78, 5) is 0. The molecule has 1 unspecified atom stereocenters. The fraction of sp³-hybridized carbons (Fsp3) is 0.364. The highest BCUT2D eigenvalue weighted by atomic mass is 19.1. The third-order valence-corrected chi connectivity index (χ3v) is 7.24. The minimum absolute atomic E-state index is 0.161. The highest BCUT2D eigenvalue weighted by Crippen LogP contribution is 2.34. The van der Waals surface area contributed by atoms with E-state index in [9.17, 15) is 4.39 Å². The van der Waals surface area contributed by atoms with Crippen molar-refractivity contribution >= 4 is 0 Å². The van der Waals surface area contributed by atoms with Crippen LogP contribution in [-0.4, -0.2) is 7.05 Å². The molecule has 48 heavy (non-hydrogen) atoms. The molecule has 0 amide bonds. The van der Waals surface area contributed by atoms with Crippen LogP contribution < -0.4 is 16.0 Å². The molecule has 2 aromatic carbocycles. The van der Waals surface area contributed by atoms with E-state index in [4.69, 9.17) is 0 Å². The van der Waals surface area contributed by atoms with E-state index in [-0.39, 0.29) is 17.9 Å². The smallest absolute Gasteiger partial charge is 0.126 e. The third kappa shape index (κ3) is 16.0. The Bertz CT molecular complexity index is 1430. The average molecular weight is 654 g/mol. The predicted octanol–water partition coefficient (Wildman–Crippen LogP) is 11.7. The quantitative estimate of drug-likeness (QED) is 0.121. The summed E-state index contributed by atoms with van der Waals surface area (Å²) < 4.78 is 13.5. The molecule has 0 fully saturated rings. The van der Waals surface area contributed by atoms with Crippen molar-refractivity contribution in [2.24, 2.45) is 0 Å². The molecule has 1 aliphatic rings. The van der Waals surface area contributed by atoms with E-state index in [1.54, 1.807) is 13.0 Å². The standard InChI is InChI=1S/C31H38FN3.C7H10.2C2H6.C2H4/c1-8-25(23(6)34-19-24-10-14-29(32)21(4)16-24)17-20(3)22(5)35-31-15-12-26-18-27(11-13-28(26)31)30(9-2)33-7;1-4-5-6-7(2)3;3*1-2/h9-11,13-14,16-18,30-31,33-35H,2-3,5-6,8,12,15,19H2,1,4,7H3;6H,1-3H3;2*1-2H3;1-2H2/b25-17+;;;;/t30?,31-;;;;/m0..../s1. The summed E-state index contributed by atoms with van der Waals surface area (Å²) in [5.41, 5.74) is 10.4. The molecular formula is C44H64FN3. The topological polar surface area (TPSA) is 36.1 Å². The van der Waals surface area contributed by atoms with E-state index >= 15 is 0 Å². The normalized spacial score (nSPS) is 12.7. The second kappa shape index (κ2) is 26.7. The number of allylic oxidation sites excluding steroid dienone is 4. The number of rotatable bonds is 12. The summed E-state index contributed by atoms with van der Waals surface area (Å²) in [6.07, 6.45) is 8.75. The van der Waals surface area contributed by atoms with Gasteiger partial charge in [0.25, 0.3) is 0 Å². The van der Waals surface area contributed by atoms with E-state index in [1.807, 2.05) is 79.8 Å².